The van der Waals surface area contributed by atoms with Crippen molar-refractivity contribution in [2.24, 2.45) is 0 Å². The fraction of sp³-hybridized carbons (Fsp3) is 1.00. The molecule has 1 heterocycles. The first-order valence-electron chi connectivity index (χ1n) is 9.62. The third-order valence-corrected chi connectivity index (χ3v) is 3.96. The molecule has 8 nitrogen and oxygen atoms in total. The van der Waals surface area contributed by atoms with E-state index >= 15 is 0 Å². The van der Waals surface area contributed by atoms with Crippen LogP contribution >= 0.6 is 0 Å². The van der Waals surface area contributed by atoms with Gasteiger partial charge in [-0.25, -0.2) is 0 Å². The first-order chi connectivity index (χ1) is 12.8. The maximum Gasteiger partial charge on any atom is 0.0701 e. The Morgan fingerprint density at radius 1 is 0.346 bits per heavy atom. The van der Waals surface area contributed by atoms with E-state index in [1.807, 2.05) is 0 Å². The first-order valence-corrected chi connectivity index (χ1v) is 9.62. The van der Waals surface area contributed by atoms with E-state index in [2.05, 4.69) is 23.9 Å². The lowest BCUT2D eigenvalue weighted by Crippen LogP contribution is -2.28. The van der Waals surface area contributed by atoms with E-state index in [0.717, 1.165) is 26.2 Å². The van der Waals surface area contributed by atoms with Crippen LogP contribution in [-0.4, -0.2) is 129 Å². The summed E-state index contributed by atoms with van der Waals surface area (Å²) in [4.78, 5) is 4.39. The molecule has 0 amide bonds. The molecule has 0 radical (unpaired) electrons. The summed E-state index contributed by atoms with van der Waals surface area (Å²) in [6.45, 7) is 11.2. The minimum Gasteiger partial charge on any atom is -0.378 e. The van der Waals surface area contributed by atoms with E-state index in [1.54, 1.807) is 0 Å². The molecule has 0 aliphatic carbocycles. The fourth-order valence-corrected chi connectivity index (χ4v) is 2.19. The molecule has 1 rings (SSSR count). The van der Waals surface area contributed by atoms with Crippen LogP contribution in [0.5, 0.6) is 0 Å². The Kier molecular flexibility index (Phi) is 16.5. The Balaban J connectivity index is 2.13. The van der Waals surface area contributed by atoms with E-state index < -0.39 is 0 Å². The Labute approximate surface area is 158 Å². The zero-order valence-electron chi connectivity index (χ0n) is 16.7. The molecule has 0 spiro atoms. The fourth-order valence-electron chi connectivity index (χ4n) is 2.19. The number of likely N-dealkylation sites (N-methyl/N-ethyl adjacent to an activating group) is 2. The Hall–Kier alpha value is -0.320. The molecule has 0 atom stereocenters. The zero-order valence-corrected chi connectivity index (χ0v) is 16.7. The van der Waals surface area contributed by atoms with Crippen molar-refractivity contribution in [2.45, 2.75) is 0 Å². The van der Waals surface area contributed by atoms with Crippen molar-refractivity contribution in [3.63, 3.8) is 0 Å². The average Bonchev–Trinajstić information content (AvgIpc) is 2.63. The average molecular weight is 379 g/mol. The molecule has 0 unspecified atom stereocenters. The van der Waals surface area contributed by atoms with E-state index in [9.17, 15) is 0 Å². The molecule has 0 N–H and O–H groups in total. The predicted octanol–water partition coefficient (Wildman–Crippen LogP) is -0.0368. The molecule has 156 valence electrons. The lowest BCUT2D eigenvalue weighted by atomic mass is 10.5. The van der Waals surface area contributed by atoms with Crippen LogP contribution in [-0.2, 0) is 28.4 Å². The third kappa shape index (κ3) is 15.9. The highest BCUT2D eigenvalue weighted by Crippen LogP contribution is 1.89. The van der Waals surface area contributed by atoms with Crippen molar-refractivity contribution in [3.8, 4) is 0 Å². The summed E-state index contributed by atoms with van der Waals surface area (Å²) in [6, 6.07) is 0. The number of nitrogens with zero attached hydrogens (tertiary/aromatic N) is 2. The van der Waals surface area contributed by atoms with E-state index in [0.29, 0.717) is 79.3 Å². The van der Waals surface area contributed by atoms with Crippen molar-refractivity contribution in [3.05, 3.63) is 0 Å². The molecule has 1 saturated heterocycles. The Morgan fingerprint density at radius 3 is 0.769 bits per heavy atom. The molecular weight excluding hydrogens is 340 g/mol. The van der Waals surface area contributed by atoms with Gasteiger partial charge >= 0.3 is 0 Å². The zero-order chi connectivity index (χ0) is 18.7. The van der Waals surface area contributed by atoms with Gasteiger partial charge < -0.3 is 38.2 Å². The summed E-state index contributed by atoms with van der Waals surface area (Å²) >= 11 is 0. The van der Waals surface area contributed by atoms with Gasteiger partial charge in [-0.3, -0.25) is 0 Å². The van der Waals surface area contributed by atoms with Crippen molar-refractivity contribution in [1.82, 2.24) is 9.80 Å². The standard InChI is InChI=1S/C18H38N2O6/c1-19-3-7-21-11-15-25-17-13-23-9-5-20(2)6-10-24-14-18-26-16-12-22-8-4-19/h3-18H2,1-2H3. The third-order valence-electron chi connectivity index (χ3n) is 3.96. The van der Waals surface area contributed by atoms with Gasteiger partial charge in [0.1, 0.15) is 0 Å². The summed E-state index contributed by atoms with van der Waals surface area (Å²) < 4.78 is 33.3. The smallest absolute Gasteiger partial charge is 0.0701 e. The maximum absolute atomic E-state index is 5.57. The van der Waals surface area contributed by atoms with Gasteiger partial charge in [-0.1, -0.05) is 0 Å². The molecule has 1 fully saturated rings. The van der Waals surface area contributed by atoms with Gasteiger partial charge in [-0.05, 0) is 14.1 Å². The first kappa shape index (κ1) is 23.7. The lowest BCUT2D eigenvalue weighted by Gasteiger charge is -2.17. The second kappa shape index (κ2) is 18.1. The van der Waals surface area contributed by atoms with Gasteiger partial charge in [0.2, 0.25) is 0 Å². The van der Waals surface area contributed by atoms with Gasteiger partial charge in [0.25, 0.3) is 0 Å². The second-order valence-electron chi connectivity index (χ2n) is 6.28. The highest BCUT2D eigenvalue weighted by Gasteiger charge is 2.01. The quantitative estimate of drug-likeness (QED) is 0.582. The van der Waals surface area contributed by atoms with Crippen molar-refractivity contribution in [1.29, 1.82) is 0 Å². The van der Waals surface area contributed by atoms with Gasteiger partial charge in [0.05, 0.1) is 79.3 Å². The minimum atomic E-state index is 0.605. The molecule has 0 aromatic heterocycles. The predicted molar refractivity (Wildman–Crippen MR) is 99.9 cm³/mol. The van der Waals surface area contributed by atoms with Crippen LogP contribution in [0.25, 0.3) is 0 Å². The summed E-state index contributed by atoms with van der Waals surface area (Å²) in [6.07, 6.45) is 0. The van der Waals surface area contributed by atoms with Crippen LogP contribution in [0.4, 0.5) is 0 Å². The summed E-state index contributed by atoms with van der Waals surface area (Å²) in [7, 11) is 4.13. The monoisotopic (exact) mass is 378 g/mol. The SMILES string of the molecule is CN1CCOCCOCCOCCN(C)CCOCCOCCOCC1. The van der Waals surface area contributed by atoms with Gasteiger partial charge in [0.15, 0.2) is 0 Å². The van der Waals surface area contributed by atoms with Crippen molar-refractivity contribution in [2.75, 3.05) is 120 Å². The maximum atomic E-state index is 5.57. The molecule has 8 heteroatoms. The van der Waals surface area contributed by atoms with Crippen molar-refractivity contribution >= 4 is 0 Å². The minimum absolute atomic E-state index is 0.605. The van der Waals surface area contributed by atoms with Gasteiger partial charge in [0, 0.05) is 26.2 Å². The topological polar surface area (TPSA) is 61.9 Å². The van der Waals surface area contributed by atoms with Crippen LogP contribution in [0, 0.1) is 0 Å². The van der Waals surface area contributed by atoms with E-state index in [4.69, 9.17) is 28.4 Å². The summed E-state index contributed by atoms with van der Waals surface area (Å²) in [5.74, 6) is 0. The molecular formula is C18H38N2O6. The van der Waals surface area contributed by atoms with Crippen LogP contribution < -0.4 is 0 Å². The normalized spacial score (nSPS) is 24.7. The van der Waals surface area contributed by atoms with Crippen LogP contribution in [0.15, 0.2) is 0 Å². The van der Waals surface area contributed by atoms with E-state index in [1.165, 1.54) is 0 Å². The van der Waals surface area contributed by atoms with E-state index in [-0.39, 0.29) is 0 Å². The summed E-state index contributed by atoms with van der Waals surface area (Å²) in [5, 5.41) is 0. The van der Waals surface area contributed by atoms with Crippen LogP contribution in [0.1, 0.15) is 0 Å². The Morgan fingerprint density at radius 2 is 0.538 bits per heavy atom. The second-order valence-corrected chi connectivity index (χ2v) is 6.28. The highest BCUT2D eigenvalue weighted by molar-refractivity contribution is 4.51. The Bertz CT molecular complexity index is 247. The largest absolute Gasteiger partial charge is 0.378 e. The number of hydrogen-bond acceptors (Lipinski definition) is 8. The van der Waals surface area contributed by atoms with Crippen LogP contribution in [0.3, 0.4) is 0 Å². The van der Waals surface area contributed by atoms with Crippen LogP contribution in [0.2, 0.25) is 0 Å². The molecule has 0 aromatic rings. The lowest BCUT2D eigenvalue weighted by molar-refractivity contribution is -0.00267. The summed E-state index contributed by atoms with van der Waals surface area (Å²) in [5.41, 5.74) is 0. The number of rotatable bonds is 0. The molecule has 0 aromatic carbocycles. The molecule has 1 aliphatic heterocycles. The van der Waals surface area contributed by atoms with Gasteiger partial charge in [-0.2, -0.15) is 0 Å². The van der Waals surface area contributed by atoms with Gasteiger partial charge in [-0.15, -0.1) is 0 Å². The molecule has 0 saturated carbocycles. The number of hydrogen-bond donors (Lipinski definition) is 0. The molecule has 1 aliphatic rings. The number of ether oxygens (including phenoxy) is 6. The highest BCUT2D eigenvalue weighted by atomic mass is 16.5. The molecule has 26 heavy (non-hydrogen) atoms. The van der Waals surface area contributed by atoms with Crippen molar-refractivity contribution < 1.29 is 28.4 Å². The molecule has 0 bridgehead atoms.